The fourth-order valence-corrected chi connectivity index (χ4v) is 4.02. The molecule has 4 aromatic rings. The molecule has 2 heterocycles. The van der Waals surface area contributed by atoms with Crippen molar-refractivity contribution < 1.29 is 4.92 Å². The third-order valence-electron chi connectivity index (χ3n) is 3.98. The van der Waals surface area contributed by atoms with Crippen LogP contribution in [0.2, 0.25) is 10.0 Å². The number of aromatic nitrogens is 3. The Bertz CT molecular complexity index is 1230. The van der Waals surface area contributed by atoms with Crippen molar-refractivity contribution in [2.75, 3.05) is 5.32 Å². The van der Waals surface area contributed by atoms with E-state index in [-0.39, 0.29) is 21.6 Å². The van der Waals surface area contributed by atoms with E-state index in [1.807, 2.05) is 30.3 Å². The average Bonchev–Trinajstić information content (AvgIpc) is 2.72. The largest absolute Gasteiger partial charge is 0.343 e. The third kappa shape index (κ3) is 3.95. The SMILES string of the molecule is O=[N+]([O-])c1c(Nc2cccc(Cl)c2Cl)ncnc1Sc1cccc2cccnc12. The maximum Gasteiger partial charge on any atom is 0.343 e. The molecule has 0 saturated carbocycles. The predicted octanol–water partition coefficient (Wildman–Crippen LogP) is 6.13. The van der Waals surface area contributed by atoms with Crippen molar-refractivity contribution in [3.8, 4) is 0 Å². The van der Waals surface area contributed by atoms with Crippen LogP contribution < -0.4 is 5.32 Å². The lowest BCUT2D eigenvalue weighted by Gasteiger charge is -2.11. The lowest BCUT2D eigenvalue weighted by molar-refractivity contribution is -0.387. The van der Waals surface area contributed by atoms with Crippen LogP contribution in [0.3, 0.4) is 0 Å². The minimum absolute atomic E-state index is 0.0184. The van der Waals surface area contributed by atoms with E-state index in [0.29, 0.717) is 10.7 Å². The Morgan fingerprint density at radius 1 is 1.00 bits per heavy atom. The van der Waals surface area contributed by atoms with E-state index in [4.69, 9.17) is 23.2 Å². The second kappa shape index (κ2) is 8.20. The van der Waals surface area contributed by atoms with Gasteiger partial charge in [-0.05, 0) is 24.3 Å². The van der Waals surface area contributed by atoms with Crippen LogP contribution in [0, 0.1) is 10.1 Å². The summed E-state index contributed by atoms with van der Waals surface area (Å²) in [4.78, 5) is 24.6. The highest BCUT2D eigenvalue weighted by Gasteiger charge is 2.25. The first-order valence-corrected chi connectivity index (χ1v) is 9.84. The van der Waals surface area contributed by atoms with Gasteiger partial charge in [0, 0.05) is 16.5 Å². The molecule has 10 heteroatoms. The number of para-hydroxylation sites is 1. The molecule has 29 heavy (non-hydrogen) atoms. The molecule has 0 amide bonds. The van der Waals surface area contributed by atoms with Crippen LogP contribution in [0.4, 0.5) is 17.2 Å². The van der Waals surface area contributed by atoms with Gasteiger partial charge in [0.25, 0.3) is 0 Å². The van der Waals surface area contributed by atoms with Gasteiger partial charge in [-0.25, -0.2) is 9.97 Å². The van der Waals surface area contributed by atoms with Gasteiger partial charge in [-0.15, -0.1) is 0 Å². The molecule has 2 aromatic heterocycles. The average molecular weight is 444 g/mol. The molecule has 0 radical (unpaired) electrons. The standard InChI is InChI=1S/C19H11Cl2N5O2S/c20-12-6-2-7-13(15(12)21)25-18-17(26(27)28)19(24-10-23-18)29-14-8-1-4-11-5-3-9-22-16(11)14/h1-10H,(H,23,24,25). The highest BCUT2D eigenvalue weighted by molar-refractivity contribution is 7.99. The monoisotopic (exact) mass is 443 g/mol. The van der Waals surface area contributed by atoms with Crippen LogP contribution in [0.5, 0.6) is 0 Å². The number of anilines is 2. The van der Waals surface area contributed by atoms with Gasteiger partial charge in [0.15, 0.2) is 5.03 Å². The molecule has 0 aliphatic rings. The van der Waals surface area contributed by atoms with E-state index in [1.165, 1.54) is 6.33 Å². The van der Waals surface area contributed by atoms with Crippen LogP contribution in [0.15, 0.2) is 71.0 Å². The predicted molar refractivity (Wildman–Crippen MR) is 114 cm³/mol. The van der Waals surface area contributed by atoms with Gasteiger partial charge in [0.05, 0.1) is 26.2 Å². The van der Waals surface area contributed by atoms with Crippen LogP contribution in [-0.4, -0.2) is 19.9 Å². The number of benzene rings is 2. The first-order chi connectivity index (χ1) is 14.0. The molecule has 0 atom stereocenters. The van der Waals surface area contributed by atoms with Gasteiger partial charge in [-0.1, -0.05) is 59.2 Å². The highest BCUT2D eigenvalue weighted by Crippen LogP contribution is 2.40. The zero-order valence-electron chi connectivity index (χ0n) is 14.5. The fraction of sp³-hybridized carbons (Fsp3) is 0. The molecule has 4 rings (SSSR count). The summed E-state index contributed by atoms with van der Waals surface area (Å²) in [5, 5.41) is 16.4. The van der Waals surface area contributed by atoms with Crippen molar-refractivity contribution >= 4 is 63.1 Å². The van der Waals surface area contributed by atoms with E-state index in [0.717, 1.165) is 27.6 Å². The van der Waals surface area contributed by atoms with Gasteiger partial charge in [-0.2, -0.15) is 0 Å². The Hall–Kier alpha value is -2.94. The van der Waals surface area contributed by atoms with Crippen molar-refractivity contribution in [3.05, 3.63) is 81.2 Å². The van der Waals surface area contributed by atoms with Gasteiger partial charge in [0.2, 0.25) is 5.82 Å². The summed E-state index contributed by atoms with van der Waals surface area (Å²) < 4.78 is 0. The van der Waals surface area contributed by atoms with Crippen molar-refractivity contribution in [1.82, 2.24) is 15.0 Å². The molecule has 2 aromatic carbocycles. The van der Waals surface area contributed by atoms with Gasteiger partial charge in [0.1, 0.15) is 6.33 Å². The molecule has 0 saturated heterocycles. The van der Waals surface area contributed by atoms with Crippen LogP contribution in [0.1, 0.15) is 0 Å². The zero-order valence-corrected chi connectivity index (χ0v) is 16.9. The van der Waals surface area contributed by atoms with Crippen molar-refractivity contribution in [2.24, 2.45) is 0 Å². The number of nitrogens with zero attached hydrogens (tertiary/aromatic N) is 4. The lowest BCUT2D eigenvalue weighted by atomic mass is 10.2. The number of fused-ring (bicyclic) bond motifs is 1. The zero-order chi connectivity index (χ0) is 20.4. The number of hydrogen-bond acceptors (Lipinski definition) is 7. The summed E-state index contributed by atoms with van der Waals surface area (Å²) in [6.45, 7) is 0. The maximum atomic E-state index is 11.8. The first kappa shape index (κ1) is 19.4. The summed E-state index contributed by atoms with van der Waals surface area (Å²) in [6, 6.07) is 14.3. The quantitative estimate of drug-likeness (QED) is 0.225. The van der Waals surface area contributed by atoms with E-state index < -0.39 is 4.92 Å². The molecular weight excluding hydrogens is 433 g/mol. The van der Waals surface area contributed by atoms with Gasteiger partial charge >= 0.3 is 5.69 Å². The molecule has 1 N–H and O–H groups in total. The molecular formula is C19H11Cl2N5O2S. The second-order valence-corrected chi connectivity index (χ2v) is 7.61. The summed E-state index contributed by atoms with van der Waals surface area (Å²) in [6.07, 6.45) is 2.93. The first-order valence-electron chi connectivity index (χ1n) is 8.26. The van der Waals surface area contributed by atoms with Gasteiger partial charge in [-0.3, -0.25) is 15.1 Å². The number of pyridine rings is 1. The second-order valence-electron chi connectivity index (χ2n) is 5.79. The molecule has 0 bridgehead atoms. The van der Waals surface area contributed by atoms with E-state index >= 15 is 0 Å². The maximum absolute atomic E-state index is 11.8. The third-order valence-corrected chi connectivity index (χ3v) is 5.84. The van der Waals surface area contributed by atoms with Crippen molar-refractivity contribution in [2.45, 2.75) is 9.92 Å². The Labute approximate surface area is 179 Å². The lowest BCUT2D eigenvalue weighted by Crippen LogP contribution is -2.03. The minimum Gasteiger partial charge on any atom is -0.333 e. The van der Waals surface area contributed by atoms with E-state index in [1.54, 1.807) is 24.4 Å². The topological polar surface area (TPSA) is 93.8 Å². The van der Waals surface area contributed by atoms with E-state index in [9.17, 15) is 10.1 Å². The summed E-state index contributed by atoms with van der Waals surface area (Å²) in [5.41, 5.74) is 0.880. The molecule has 144 valence electrons. The molecule has 0 aliphatic carbocycles. The summed E-state index contributed by atoms with van der Waals surface area (Å²) in [5.74, 6) is 0.0184. The molecule has 0 aliphatic heterocycles. The number of nitrogens with one attached hydrogen (secondary N) is 1. The normalized spacial score (nSPS) is 10.8. The van der Waals surface area contributed by atoms with Crippen LogP contribution in [-0.2, 0) is 0 Å². The number of nitro groups is 1. The smallest absolute Gasteiger partial charge is 0.333 e. The Morgan fingerprint density at radius 3 is 2.62 bits per heavy atom. The Balaban J connectivity index is 1.77. The number of halogens is 2. The molecule has 7 nitrogen and oxygen atoms in total. The van der Waals surface area contributed by atoms with Crippen LogP contribution in [0.25, 0.3) is 10.9 Å². The minimum atomic E-state index is -0.526. The molecule has 0 spiro atoms. The summed E-state index contributed by atoms with van der Waals surface area (Å²) >= 11 is 13.4. The number of hydrogen-bond donors (Lipinski definition) is 1. The number of rotatable bonds is 5. The van der Waals surface area contributed by atoms with Crippen molar-refractivity contribution in [1.29, 1.82) is 0 Å². The Morgan fingerprint density at radius 2 is 1.79 bits per heavy atom. The fourth-order valence-electron chi connectivity index (χ4n) is 2.68. The van der Waals surface area contributed by atoms with Crippen molar-refractivity contribution in [3.63, 3.8) is 0 Å². The highest BCUT2D eigenvalue weighted by atomic mass is 35.5. The van der Waals surface area contributed by atoms with E-state index in [2.05, 4.69) is 20.3 Å². The summed E-state index contributed by atoms with van der Waals surface area (Å²) in [7, 11) is 0. The van der Waals surface area contributed by atoms with Gasteiger partial charge < -0.3 is 5.32 Å². The Kier molecular flexibility index (Phi) is 5.48. The molecule has 0 unspecified atom stereocenters. The van der Waals surface area contributed by atoms with Crippen LogP contribution >= 0.6 is 35.0 Å². The molecule has 0 fully saturated rings.